The zero-order valence-electron chi connectivity index (χ0n) is 12.2. The molecule has 0 saturated carbocycles. The summed E-state index contributed by atoms with van der Waals surface area (Å²) in [4.78, 5) is 8.84. The summed E-state index contributed by atoms with van der Waals surface area (Å²) in [6.45, 7) is 9.19. The van der Waals surface area contributed by atoms with Crippen molar-refractivity contribution in [3.63, 3.8) is 0 Å². The molecule has 6 heteroatoms. The van der Waals surface area contributed by atoms with E-state index in [4.69, 9.17) is 4.74 Å². The van der Waals surface area contributed by atoms with Crippen LogP contribution in [0.4, 0.5) is 0 Å². The van der Waals surface area contributed by atoms with Gasteiger partial charge in [0, 0.05) is 18.0 Å². The van der Waals surface area contributed by atoms with Crippen molar-refractivity contribution in [2.45, 2.75) is 46.1 Å². The minimum Gasteiger partial charge on any atom is -0.436 e. The van der Waals surface area contributed by atoms with Crippen LogP contribution in [0.2, 0.25) is 0 Å². The summed E-state index contributed by atoms with van der Waals surface area (Å²) >= 11 is 3.40. The van der Waals surface area contributed by atoms with Crippen LogP contribution in [0.1, 0.15) is 39.9 Å². The lowest BCUT2D eigenvalue weighted by Gasteiger charge is -2.17. The number of halogens is 1. The van der Waals surface area contributed by atoms with E-state index in [9.17, 15) is 0 Å². The van der Waals surface area contributed by atoms with E-state index in [2.05, 4.69) is 58.7 Å². The number of aryl methyl sites for hydroxylation is 1. The van der Waals surface area contributed by atoms with Crippen LogP contribution in [0.15, 0.2) is 23.1 Å². The lowest BCUT2D eigenvalue weighted by Crippen LogP contribution is -2.16. The van der Waals surface area contributed by atoms with E-state index in [1.807, 2.05) is 10.9 Å². The first-order valence-corrected chi connectivity index (χ1v) is 7.43. The van der Waals surface area contributed by atoms with Gasteiger partial charge in [0.25, 0.3) is 0 Å². The molecule has 2 aromatic heterocycles. The minimum atomic E-state index is -0.131. The SMILES string of the molecule is CCCn1cc(Oc2cc(Br)nc(C(C)(C)C)n2)cn1. The van der Waals surface area contributed by atoms with E-state index in [1.165, 1.54) is 0 Å². The van der Waals surface area contributed by atoms with Crippen molar-refractivity contribution in [3.05, 3.63) is 28.9 Å². The standard InChI is InChI=1S/C14H19BrN4O/c1-5-6-19-9-10(8-16-19)20-12-7-11(15)17-13(18-12)14(2,3)4/h7-9H,5-6H2,1-4H3. The highest BCUT2D eigenvalue weighted by Gasteiger charge is 2.19. The Morgan fingerprint density at radius 3 is 2.70 bits per heavy atom. The minimum absolute atomic E-state index is 0.131. The maximum Gasteiger partial charge on any atom is 0.223 e. The van der Waals surface area contributed by atoms with Crippen LogP contribution in [0, 0.1) is 0 Å². The summed E-state index contributed by atoms with van der Waals surface area (Å²) in [5.41, 5.74) is -0.131. The van der Waals surface area contributed by atoms with Gasteiger partial charge in [-0.15, -0.1) is 0 Å². The van der Waals surface area contributed by atoms with E-state index >= 15 is 0 Å². The van der Waals surface area contributed by atoms with Gasteiger partial charge < -0.3 is 4.74 Å². The molecule has 0 atom stereocenters. The quantitative estimate of drug-likeness (QED) is 0.792. The molecular formula is C14H19BrN4O. The molecule has 0 aliphatic heterocycles. The summed E-state index contributed by atoms with van der Waals surface area (Å²) in [5.74, 6) is 1.94. The summed E-state index contributed by atoms with van der Waals surface area (Å²) in [6.07, 6.45) is 4.60. The molecule has 2 heterocycles. The molecule has 20 heavy (non-hydrogen) atoms. The van der Waals surface area contributed by atoms with Gasteiger partial charge in [-0.2, -0.15) is 10.1 Å². The Morgan fingerprint density at radius 1 is 1.30 bits per heavy atom. The molecule has 0 N–H and O–H groups in total. The predicted octanol–water partition coefficient (Wildman–Crippen LogP) is 3.94. The monoisotopic (exact) mass is 338 g/mol. The van der Waals surface area contributed by atoms with E-state index in [1.54, 1.807) is 12.3 Å². The van der Waals surface area contributed by atoms with Gasteiger partial charge in [0.05, 0.1) is 12.4 Å². The molecule has 0 fully saturated rings. The third-order valence-electron chi connectivity index (χ3n) is 2.63. The second kappa shape index (κ2) is 5.91. The van der Waals surface area contributed by atoms with Crippen LogP contribution in [0.3, 0.4) is 0 Å². The van der Waals surface area contributed by atoms with Gasteiger partial charge >= 0.3 is 0 Å². The lowest BCUT2D eigenvalue weighted by atomic mass is 9.96. The smallest absolute Gasteiger partial charge is 0.223 e. The topological polar surface area (TPSA) is 52.8 Å². The fraction of sp³-hybridized carbons (Fsp3) is 0.500. The molecule has 108 valence electrons. The maximum atomic E-state index is 5.76. The molecule has 0 saturated heterocycles. The first-order chi connectivity index (χ1) is 9.38. The van der Waals surface area contributed by atoms with Gasteiger partial charge in [0.15, 0.2) is 5.75 Å². The van der Waals surface area contributed by atoms with E-state index in [0.29, 0.717) is 16.2 Å². The third kappa shape index (κ3) is 3.79. The molecule has 0 radical (unpaired) electrons. The van der Waals surface area contributed by atoms with Crippen molar-refractivity contribution in [2.24, 2.45) is 0 Å². The molecule has 0 amide bonds. The molecule has 5 nitrogen and oxygen atoms in total. The van der Waals surface area contributed by atoms with Crippen molar-refractivity contribution >= 4 is 15.9 Å². The zero-order valence-corrected chi connectivity index (χ0v) is 13.8. The number of rotatable bonds is 4. The average molecular weight is 339 g/mol. The fourth-order valence-electron chi connectivity index (χ4n) is 1.65. The number of hydrogen-bond donors (Lipinski definition) is 0. The molecule has 2 aromatic rings. The molecule has 0 aliphatic rings. The van der Waals surface area contributed by atoms with Crippen molar-refractivity contribution in [2.75, 3.05) is 0 Å². The van der Waals surface area contributed by atoms with Crippen LogP contribution < -0.4 is 4.74 Å². The van der Waals surface area contributed by atoms with Gasteiger partial charge in [-0.05, 0) is 22.4 Å². The second-order valence-electron chi connectivity index (χ2n) is 5.64. The van der Waals surface area contributed by atoms with Gasteiger partial charge in [-0.1, -0.05) is 27.7 Å². The highest BCUT2D eigenvalue weighted by atomic mass is 79.9. The van der Waals surface area contributed by atoms with Gasteiger partial charge in [-0.25, -0.2) is 4.98 Å². The first kappa shape index (κ1) is 15.0. The molecule has 0 unspecified atom stereocenters. The third-order valence-corrected chi connectivity index (χ3v) is 3.03. The van der Waals surface area contributed by atoms with Crippen molar-refractivity contribution < 1.29 is 4.74 Å². The van der Waals surface area contributed by atoms with Crippen LogP contribution in [0.5, 0.6) is 11.6 Å². The van der Waals surface area contributed by atoms with E-state index < -0.39 is 0 Å². The number of ether oxygens (including phenoxy) is 1. The molecule has 0 spiro atoms. The van der Waals surface area contributed by atoms with E-state index in [-0.39, 0.29) is 5.41 Å². The van der Waals surface area contributed by atoms with Crippen LogP contribution in [-0.4, -0.2) is 19.7 Å². The Bertz CT molecular complexity index is 589. The number of nitrogens with zero attached hydrogens (tertiary/aromatic N) is 4. The van der Waals surface area contributed by atoms with Crippen molar-refractivity contribution in [3.8, 4) is 11.6 Å². The summed E-state index contributed by atoms with van der Waals surface area (Å²) in [5, 5.41) is 4.23. The largest absolute Gasteiger partial charge is 0.436 e. The Morgan fingerprint density at radius 2 is 2.05 bits per heavy atom. The van der Waals surface area contributed by atoms with Gasteiger partial charge in [0.2, 0.25) is 5.88 Å². The Labute approximate surface area is 127 Å². The molecule has 0 aliphatic carbocycles. The summed E-state index contributed by atoms with van der Waals surface area (Å²) in [6, 6.07) is 1.76. The normalized spacial score (nSPS) is 11.7. The van der Waals surface area contributed by atoms with Crippen LogP contribution in [-0.2, 0) is 12.0 Å². The zero-order chi connectivity index (χ0) is 14.8. The van der Waals surface area contributed by atoms with Crippen LogP contribution >= 0.6 is 15.9 Å². The lowest BCUT2D eigenvalue weighted by molar-refractivity contribution is 0.443. The first-order valence-electron chi connectivity index (χ1n) is 6.64. The van der Waals surface area contributed by atoms with Crippen molar-refractivity contribution in [1.29, 1.82) is 0 Å². The van der Waals surface area contributed by atoms with E-state index in [0.717, 1.165) is 18.8 Å². The molecule has 0 aromatic carbocycles. The van der Waals surface area contributed by atoms with Gasteiger partial charge in [-0.3, -0.25) is 4.68 Å². The highest BCUT2D eigenvalue weighted by molar-refractivity contribution is 9.10. The molecule has 0 bridgehead atoms. The molecular weight excluding hydrogens is 320 g/mol. The second-order valence-corrected chi connectivity index (χ2v) is 6.46. The average Bonchev–Trinajstić information content (AvgIpc) is 2.75. The highest BCUT2D eigenvalue weighted by Crippen LogP contribution is 2.26. The Kier molecular flexibility index (Phi) is 4.42. The summed E-state index contributed by atoms with van der Waals surface area (Å²) in [7, 11) is 0. The summed E-state index contributed by atoms with van der Waals surface area (Å²) < 4.78 is 8.33. The van der Waals surface area contributed by atoms with Crippen LogP contribution in [0.25, 0.3) is 0 Å². The Balaban J connectivity index is 2.22. The van der Waals surface area contributed by atoms with Gasteiger partial charge in [0.1, 0.15) is 10.4 Å². The number of aromatic nitrogens is 4. The molecule has 2 rings (SSSR count). The Hall–Kier alpha value is -1.43. The number of hydrogen-bond acceptors (Lipinski definition) is 4. The fourth-order valence-corrected chi connectivity index (χ4v) is 2.02. The van der Waals surface area contributed by atoms with Crippen molar-refractivity contribution in [1.82, 2.24) is 19.7 Å². The maximum absolute atomic E-state index is 5.76. The predicted molar refractivity (Wildman–Crippen MR) is 81.0 cm³/mol.